The highest BCUT2D eigenvalue weighted by Gasteiger charge is 2.14. The Morgan fingerprint density at radius 1 is 1.15 bits per heavy atom. The van der Waals surface area contributed by atoms with Crippen molar-refractivity contribution in [1.29, 1.82) is 0 Å². The van der Waals surface area contributed by atoms with E-state index in [2.05, 4.69) is 5.10 Å². The highest BCUT2D eigenvalue weighted by Crippen LogP contribution is 2.40. The van der Waals surface area contributed by atoms with Gasteiger partial charge < -0.3 is 13.6 Å². The van der Waals surface area contributed by atoms with Crippen molar-refractivity contribution in [3.8, 4) is 11.4 Å². The molecular formula is C13H16ClN2O3P. The molecule has 0 amide bonds. The Morgan fingerprint density at radius 2 is 1.80 bits per heavy atom. The summed E-state index contributed by atoms with van der Waals surface area (Å²) in [6.45, 7) is 4.87. The van der Waals surface area contributed by atoms with Crippen LogP contribution in [-0.2, 0) is 9.05 Å². The van der Waals surface area contributed by atoms with Gasteiger partial charge in [-0.1, -0.05) is 11.6 Å². The van der Waals surface area contributed by atoms with Gasteiger partial charge in [-0.2, -0.15) is 5.10 Å². The molecule has 1 aromatic heterocycles. The largest absolute Gasteiger partial charge is 0.423 e. The molecule has 1 heterocycles. The molecule has 20 heavy (non-hydrogen) atoms. The van der Waals surface area contributed by atoms with Crippen molar-refractivity contribution in [3.05, 3.63) is 41.7 Å². The van der Waals surface area contributed by atoms with Gasteiger partial charge in [0.1, 0.15) is 0 Å². The Labute approximate surface area is 124 Å². The second-order valence-corrected chi connectivity index (χ2v) is 5.33. The highest BCUT2D eigenvalue weighted by atomic mass is 35.5. The summed E-state index contributed by atoms with van der Waals surface area (Å²) in [4.78, 5) is 0. The fourth-order valence-electron chi connectivity index (χ4n) is 1.48. The minimum Gasteiger partial charge on any atom is -0.423 e. The molecule has 7 heteroatoms. The summed E-state index contributed by atoms with van der Waals surface area (Å²) in [6.07, 6.45) is 3.40. The lowest BCUT2D eigenvalue weighted by molar-refractivity contribution is 0.221. The summed E-state index contributed by atoms with van der Waals surface area (Å²) in [6, 6.07) is 7.39. The number of aromatic nitrogens is 2. The molecule has 0 aliphatic rings. The summed E-state index contributed by atoms with van der Waals surface area (Å²) < 4.78 is 18.1. The van der Waals surface area contributed by atoms with Gasteiger partial charge in [0, 0.05) is 5.02 Å². The fraction of sp³-hybridized carbons (Fsp3) is 0.308. The molecular weight excluding hydrogens is 299 g/mol. The van der Waals surface area contributed by atoms with Gasteiger partial charge in [0.05, 0.1) is 31.3 Å². The van der Waals surface area contributed by atoms with E-state index in [0.29, 0.717) is 24.0 Å². The molecule has 0 aliphatic carbocycles. The van der Waals surface area contributed by atoms with Crippen LogP contribution in [0, 0.1) is 0 Å². The molecule has 0 saturated heterocycles. The molecule has 0 radical (unpaired) electrons. The average molecular weight is 315 g/mol. The van der Waals surface area contributed by atoms with Gasteiger partial charge in [-0.25, -0.2) is 4.68 Å². The molecule has 0 atom stereocenters. The zero-order valence-electron chi connectivity index (χ0n) is 11.3. The van der Waals surface area contributed by atoms with Gasteiger partial charge in [-0.15, -0.1) is 0 Å². The smallest absolute Gasteiger partial charge is 0.397 e. The lowest BCUT2D eigenvalue weighted by Gasteiger charge is -2.13. The minimum absolute atomic E-state index is 0.539. The number of halogens is 1. The fourth-order valence-corrected chi connectivity index (χ4v) is 2.47. The second-order valence-electron chi connectivity index (χ2n) is 3.75. The van der Waals surface area contributed by atoms with Crippen molar-refractivity contribution in [2.24, 2.45) is 0 Å². The van der Waals surface area contributed by atoms with Crippen LogP contribution in [0.5, 0.6) is 5.75 Å². The molecule has 0 aliphatic heterocycles. The van der Waals surface area contributed by atoms with Crippen molar-refractivity contribution in [2.45, 2.75) is 13.8 Å². The molecule has 2 aromatic rings. The van der Waals surface area contributed by atoms with Crippen LogP contribution in [0.2, 0.25) is 5.02 Å². The number of hydrogen-bond donors (Lipinski definition) is 0. The van der Waals surface area contributed by atoms with E-state index in [4.69, 9.17) is 25.2 Å². The first-order valence-electron chi connectivity index (χ1n) is 6.27. The van der Waals surface area contributed by atoms with Crippen LogP contribution in [-0.4, -0.2) is 23.0 Å². The van der Waals surface area contributed by atoms with Gasteiger partial charge >= 0.3 is 8.60 Å². The number of rotatable bonds is 7. The van der Waals surface area contributed by atoms with Gasteiger partial charge in [0.2, 0.25) is 0 Å². The van der Waals surface area contributed by atoms with Crippen LogP contribution in [0.1, 0.15) is 13.8 Å². The van der Waals surface area contributed by atoms with Gasteiger partial charge in [0.15, 0.2) is 5.75 Å². The molecule has 0 spiro atoms. The number of nitrogens with zero attached hydrogens (tertiary/aromatic N) is 2. The minimum atomic E-state index is -1.37. The predicted molar refractivity (Wildman–Crippen MR) is 79.4 cm³/mol. The third kappa shape index (κ3) is 4.18. The van der Waals surface area contributed by atoms with Crippen LogP contribution in [0.25, 0.3) is 5.69 Å². The monoisotopic (exact) mass is 314 g/mol. The second kappa shape index (κ2) is 7.60. The van der Waals surface area contributed by atoms with Crippen LogP contribution in [0.4, 0.5) is 0 Å². The average Bonchev–Trinajstić information content (AvgIpc) is 2.89. The van der Waals surface area contributed by atoms with Crippen molar-refractivity contribution in [2.75, 3.05) is 13.2 Å². The summed E-state index contributed by atoms with van der Waals surface area (Å²) in [5.41, 5.74) is 0.904. The zero-order valence-corrected chi connectivity index (χ0v) is 13.0. The third-order valence-corrected chi connectivity index (χ3v) is 3.85. The van der Waals surface area contributed by atoms with E-state index in [-0.39, 0.29) is 0 Å². The highest BCUT2D eigenvalue weighted by molar-refractivity contribution is 7.42. The van der Waals surface area contributed by atoms with Gasteiger partial charge in [-0.05, 0) is 38.1 Å². The van der Waals surface area contributed by atoms with Crippen LogP contribution in [0.15, 0.2) is 36.7 Å². The normalized spacial score (nSPS) is 11.0. The van der Waals surface area contributed by atoms with Crippen molar-refractivity contribution in [1.82, 2.24) is 9.78 Å². The first-order valence-corrected chi connectivity index (χ1v) is 7.74. The molecule has 1 aromatic carbocycles. The summed E-state index contributed by atoms with van der Waals surface area (Å²) in [5.74, 6) is 0.605. The van der Waals surface area contributed by atoms with E-state index in [0.717, 1.165) is 5.69 Å². The van der Waals surface area contributed by atoms with Crippen LogP contribution < -0.4 is 4.52 Å². The Balaban J connectivity index is 2.06. The van der Waals surface area contributed by atoms with E-state index in [1.807, 2.05) is 38.1 Å². The maximum atomic E-state index is 5.86. The molecule has 0 N–H and O–H groups in total. The topological polar surface area (TPSA) is 45.5 Å². The molecule has 2 rings (SSSR count). The molecule has 5 nitrogen and oxygen atoms in total. The first-order chi connectivity index (χ1) is 9.72. The summed E-state index contributed by atoms with van der Waals surface area (Å²) in [7, 11) is -1.37. The molecule has 0 unspecified atom stereocenters. The molecule has 0 fully saturated rings. The third-order valence-electron chi connectivity index (χ3n) is 2.30. The lowest BCUT2D eigenvalue weighted by Crippen LogP contribution is -1.97. The van der Waals surface area contributed by atoms with Gasteiger partial charge in [-0.3, -0.25) is 0 Å². The zero-order chi connectivity index (χ0) is 14.4. The van der Waals surface area contributed by atoms with E-state index in [1.54, 1.807) is 17.1 Å². The summed E-state index contributed by atoms with van der Waals surface area (Å²) >= 11 is 5.86. The van der Waals surface area contributed by atoms with E-state index < -0.39 is 8.60 Å². The number of benzene rings is 1. The van der Waals surface area contributed by atoms with Crippen molar-refractivity contribution in [3.63, 3.8) is 0 Å². The molecule has 108 valence electrons. The standard InChI is InChI=1S/C13H16ClN2O3P/c1-3-17-20(18-4-2)19-13-9-15-16(10-13)12-7-5-11(14)6-8-12/h5-10H,3-4H2,1-2H3. The quantitative estimate of drug-likeness (QED) is 0.718. The molecule has 0 bridgehead atoms. The Hall–Kier alpha value is -1.13. The van der Waals surface area contributed by atoms with Crippen molar-refractivity contribution < 1.29 is 13.6 Å². The van der Waals surface area contributed by atoms with Crippen molar-refractivity contribution >= 4 is 20.2 Å². The lowest BCUT2D eigenvalue weighted by atomic mass is 10.3. The maximum absolute atomic E-state index is 5.86. The van der Waals surface area contributed by atoms with E-state index in [9.17, 15) is 0 Å². The first kappa shape index (κ1) is 15.3. The Bertz CT molecular complexity index is 527. The van der Waals surface area contributed by atoms with Crippen LogP contribution >= 0.6 is 20.2 Å². The summed E-state index contributed by atoms with van der Waals surface area (Å²) in [5, 5.41) is 4.93. The van der Waals surface area contributed by atoms with Gasteiger partial charge in [0.25, 0.3) is 0 Å². The SMILES string of the molecule is CCOP(OCC)Oc1cnn(-c2ccc(Cl)cc2)c1. The maximum Gasteiger partial charge on any atom is 0.397 e. The number of hydrogen-bond acceptors (Lipinski definition) is 4. The Morgan fingerprint density at radius 3 is 2.40 bits per heavy atom. The van der Waals surface area contributed by atoms with E-state index >= 15 is 0 Å². The van der Waals surface area contributed by atoms with Crippen LogP contribution in [0.3, 0.4) is 0 Å². The Kier molecular flexibility index (Phi) is 5.80. The predicted octanol–water partition coefficient (Wildman–Crippen LogP) is 4.20. The van der Waals surface area contributed by atoms with E-state index in [1.165, 1.54) is 0 Å². The molecule has 0 saturated carbocycles.